The van der Waals surface area contributed by atoms with Gasteiger partial charge in [-0.25, -0.2) is 0 Å². The number of aromatic nitrogens is 1. The van der Waals surface area contributed by atoms with Crippen molar-refractivity contribution in [3.05, 3.63) is 57.4 Å². The molecule has 0 aliphatic carbocycles. The van der Waals surface area contributed by atoms with Crippen molar-refractivity contribution >= 4 is 23.2 Å². The molecule has 1 aliphatic heterocycles. The van der Waals surface area contributed by atoms with Crippen molar-refractivity contribution in [1.29, 1.82) is 0 Å². The van der Waals surface area contributed by atoms with Gasteiger partial charge in [0.25, 0.3) is 5.91 Å². The smallest absolute Gasteiger partial charge is 0.257 e. The first-order valence-electron chi connectivity index (χ1n) is 9.33. The van der Waals surface area contributed by atoms with Crippen molar-refractivity contribution in [2.45, 2.75) is 40.3 Å². The average molecular weight is 387 g/mol. The molecular weight excluding hydrogens is 360 g/mol. The fourth-order valence-electron chi connectivity index (χ4n) is 3.39. The number of anilines is 1. The lowest BCUT2D eigenvalue weighted by Gasteiger charge is -2.32. The van der Waals surface area contributed by atoms with E-state index in [9.17, 15) is 4.79 Å². The van der Waals surface area contributed by atoms with Gasteiger partial charge in [0, 0.05) is 54.8 Å². The Kier molecular flexibility index (Phi) is 6.15. The highest BCUT2D eigenvalue weighted by molar-refractivity contribution is 6.31. The van der Waals surface area contributed by atoms with Crippen molar-refractivity contribution in [2.75, 3.05) is 25.0 Å². The number of hydrogen-bond donors (Lipinski definition) is 2. The fraction of sp³-hybridized carbons (Fsp3) is 0.429. The van der Waals surface area contributed by atoms with Crippen LogP contribution in [0.15, 0.2) is 24.4 Å². The number of carbonyl (C=O) groups is 1. The van der Waals surface area contributed by atoms with Crippen LogP contribution in [-0.4, -0.2) is 41.5 Å². The highest BCUT2D eigenvalue weighted by atomic mass is 35.5. The first kappa shape index (κ1) is 19.8. The molecule has 2 N–H and O–H groups in total. The van der Waals surface area contributed by atoms with E-state index in [1.54, 1.807) is 6.20 Å². The van der Waals surface area contributed by atoms with E-state index in [1.165, 1.54) is 0 Å². The van der Waals surface area contributed by atoms with Crippen LogP contribution >= 0.6 is 11.6 Å². The molecule has 1 aromatic heterocycles. The summed E-state index contributed by atoms with van der Waals surface area (Å²) >= 11 is 6.35. The maximum absolute atomic E-state index is 12.7. The molecular formula is C21H27ClN4O. The van der Waals surface area contributed by atoms with E-state index in [2.05, 4.69) is 27.4 Å². The lowest BCUT2D eigenvalue weighted by Crippen LogP contribution is -2.48. The maximum Gasteiger partial charge on any atom is 0.257 e. The summed E-state index contributed by atoms with van der Waals surface area (Å²) in [7, 11) is 0. The van der Waals surface area contributed by atoms with E-state index in [0.29, 0.717) is 16.6 Å². The molecule has 144 valence electrons. The Morgan fingerprint density at radius 1 is 1.33 bits per heavy atom. The number of nitrogens with zero attached hydrogens (tertiary/aromatic N) is 2. The minimum atomic E-state index is -0.169. The third kappa shape index (κ3) is 4.86. The number of amides is 1. The van der Waals surface area contributed by atoms with Gasteiger partial charge in [0.2, 0.25) is 0 Å². The summed E-state index contributed by atoms with van der Waals surface area (Å²) in [6.45, 7) is 11.9. The molecule has 0 bridgehead atoms. The van der Waals surface area contributed by atoms with Crippen LogP contribution in [0.3, 0.4) is 0 Å². The molecule has 0 saturated carbocycles. The Hall–Kier alpha value is -1.95. The Balaban J connectivity index is 1.80. The number of benzene rings is 1. The predicted molar refractivity (Wildman–Crippen MR) is 111 cm³/mol. The number of hydrogen-bond acceptors (Lipinski definition) is 4. The fourth-order valence-corrected chi connectivity index (χ4v) is 3.63. The van der Waals surface area contributed by atoms with E-state index in [0.717, 1.165) is 54.3 Å². The molecule has 2 aromatic rings. The number of pyridine rings is 1. The Morgan fingerprint density at radius 3 is 2.81 bits per heavy atom. The molecule has 1 amide bonds. The van der Waals surface area contributed by atoms with Crippen LogP contribution in [0, 0.1) is 20.8 Å². The lowest BCUT2D eigenvalue weighted by molar-refractivity contribution is 0.102. The van der Waals surface area contributed by atoms with Gasteiger partial charge in [-0.05, 0) is 62.6 Å². The lowest BCUT2D eigenvalue weighted by atomic mass is 10.0. The predicted octanol–water partition coefficient (Wildman–Crippen LogP) is 3.71. The quantitative estimate of drug-likeness (QED) is 0.841. The summed E-state index contributed by atoms with van der Waals surface area (Å²) in [6, 6.07) is 6.15. The van der Waals surface area contributed by atoms with Gasteiger partial charge in [0.1, 0.15) is 0 Å². The third-order valence-corrected chi connectivity index (χ3v) is 5.40. The van der Waals surface area contributed by atoms with Crippen molar-refractivity contribution in [3.8, 4) is 0 Å². The highest BCUT2D eigenvalue weighted by Crippen LogP contribution is 2.27. The van der Waals surface area contributed by atoms with Crippen LogP contribution in [0.25, 0.3) is 0 Å². The minimum absolute atomic E-state index is 0.169. The standard InChI is InChI=1S/C21H27ClN4O/c1-13-7-17(10-24-16(13)4)21(27)25-20-9-19(22)8-18(15(20)3)12-26-6-5-23-14(2)11-26/h7-10,14,23H,5-6,11-12H2,1-4H3,(H,25,27). The Bertz CT molecular complexity index is 852. The van der Waals surface area contributed by atoms with Gasteiger partial charge in [-0.3, -0.25) is 14.7 Å². The summed E-state index contributed by atoms with van der Waals surface area (Å²) in [5, 5.41) is 7.10. The number of piperazine rings is 1. The summed E-state index contributed by atoms with van der Waals surface area (Å²) in [5.74, 6) is -0.169. The van der Waals surface area contributed by atoms with Crippen LogP contribution in [0.4, 0.5) is 5.69 Å². The van der Waals surface area contributed by atoms with Crippen molar-refractivity contribution in [2.24, 2.45) is 0 Å². The number of halogens is 1. The zero-order chi connectivity index (χ0) is 19.6. The molecule has 1 atom stereocenters. The second kappa shape index (κ2) is 8.38. The monoisotopic (exact) mass is 386 g/mol. The second-order valence-corrected chi connectivity index (χ2v) is 7.84. The Labute approximate surface area is 166 Å². The molecule has 6 heteroatoms. The molecule has 0 spiro atoms. The van der Waals surface area contributed by atoms with E-state index in [-0.39, 0.29) is 5.91 Å². The van der Waals surface area contributed by atoms with Gasteiger partial charge >= 0.3 is 0 Å². The van der Waals surface area contributed by atoms with Crippen LogP contribution in [0.5, 0.6) is 0 Å². The van der Waals surface area contributed by atoms with E-state index in [4.69, 9.17) is 11.6 Å². The van der Waals surface area contributed by atoms with Gasteiger partial charge in [0.05, 0.1) is 5.56 Å². The molecule has 1 aliphatic rings. The van der Waals surface area contributed by atoms with E-state index >= 15 is 0 Å². The van der Waals surface area contributed by atoms with Crippen molar-refractivity contribution < 1.29 is 4.79 Å². The molecule has 2 heterocycles. The minimum Gasteiger partial charge on any atom is -0.322 e. The average Bonchev–Trinajstić information content (AvgIpc) is 2.61. The van der Waals surface area contributed by atoms with Gasteiger partial charge in [0.15, 0.2) is 0 Å². The molecule has 1 saturated heterocycles. The van der Waals surface area contributed by atoms with Crippen molar-refractivity contribution in [1.82, 2.24) is 15.2 Å². The molecule has 5 nitrogen and oxygen atoms in total. The zero-order valence-corrected chi connectivity index (χ0v) is 17.2. The number of aryl methyl sites for hydroxylation is 2. The number of rotatable bonds is 4. The first-order valence-corrected chi connectivity index (χ1v) is 9.70. The summed E-state index contributed by atoms with van der Waals surface area (Å²) in [5.41, 5.74) is 5.43. The molecule has 3 rings (SSSR count). The summed E-state index contributed by atoms with van der Waals surface area (Å²) in [4.78, 5) is 19.4. The summed E-state index contributed by atoms with van der Waals surface area (Å²) in [6.07, 6.45) is 1.61. The summed E-state index contributed by atoms with van der Waals surface area (Å²) < 4.78 is 0. The van der Waals surface area contributed by atoms with E-state index < -0.39 is 0 Å². The van der Waals surface area contributed by atoms with Gasteiger partial charge in [-0.2, -0.15) is 0 Å². The molecule has 27 heavy (non-hydrogen) atoms. The van der Waals surface area contributed by atoms with Crippen LogP contribution < -0.4 is 10.6 Å². The van der Waals surface area contributed by atoms with Crippen LogP contribution in [-0.2, 0) is 6.54 Å². The number of nitrogens with one attached hydrogen (secondary N) is 2. The van der Waals surface area contributed by atoms with Crippen molar-refractivity contribution in [3.63, 3.8) is 0 Å². The zero-order valence-electron chi connectivity index (χ0n) is 16.4. The highest BCUT2D eigenvalue weighted by Gasteiger charge is 2.18. The third-order valence-electron chi connectivity index (χ3n) is 5.18. The van der Waals surface area contributed by atoms with Gasteiger partial charge in [-0.1, -0.05) is 11.6 Å². The molecule has 1 unspecified atom stereocenters. The van der Waals surface area contributed by atoms with Crippen LogP contribution in [0.1, 0.15) is 39.7 Å². The van der Waals surface area contributed by atoms with E-state index in [1.807, 2.05) is 39.0 Å². The Morgan fingerprint density at radius 2 is 2.11 bits per heavy atom. The maximum atomic E-state index is 12.7. The van der Waals surface area contributed by atoms with Gasteiger partial charge < -0.3 is 10.6 Å². The second-order valence-electron chi connectivity index (χ2n) is 7.41. The van der Waals surface area contributed by atoms with Gasteiger partial charge in [-0.15, -0.1) is 0 Å². The molecule has 1 fully saturated rings. The molecule has 1 aromatic carbocycles. The van der Waals surface area contributed by atoms with Crippen LogP contribution in [0.2, 0.25) is 5.02 Å². The first-order chi connectivity index (χ1) is 12.8. The molecule has 0 radical (unpaired) electrons. The SMILES string of the molecule is Cc1cc(C(=O)Nc2cc(Cl)cc(CN3CCNC(C)C3)c2C)cnc1C. The topological polar surface area (TPSA) is 57.3 Å². The number of carbonyl (C=O) groups excluding carboxylic acids is 1. The largest absolute Gasteiger partial charge is 0.322 e. The normalized spacial score (nSPS) is 17.7.